The first-order chi connectivity index (χ1) is 7.66. The summed E-state index contributed by atoms with van der Waals surface area (Å²) >= 11 is 0. The smallest absolute Gasteiger partial charge is 0.303 e. The highest BCUT2D eigenvalue weighted by Gasteiger charge is 2.29. The largest absolute Gasteiger partial charge is 0.481 e. The summed E-state index contributed by atoms with van der Waals surface area (Å²) in [4.78, 5) is 10.8. The Bertz CT molecular complexity index is 372. The maximum Gasteiger partial charge on any atom is 0.303 e. The van der Waals surface area contributed by atoms with Crippen LogP contribution in [0.3, 0.4) is 0 Å². The van der Waals surface area contributed by atoms with Gasteiger partial charge in [0, 0.05) is 6.04 Å². The molecule has 0 aliphatic carbocycles. The van der Waals surface area contributed by atoms with Gasteiger partial charge >= 0.3 is 5.97 Å². The number of benzene rings is 1. The predicted octanol–water partition coefficient (Wildman–Crippen LogP) is 2.12. The fraction of sp³-hybridized carbons (Fsp3) is 0.462. The van der Waals surface area contributed by atoms with Crippen LogP contribution >= 0.6 is 0 Å². The molecule has 2 rings (SSSR count). The first kappa shape index (κ1) is 11.1. The molecule has 1 aliphatic rings. The first-order valence-electron chi connectivity index (χ1n) is 5.68. The van der Waals surface area contributed by atoms with Crippen LogP contribution < -0.4 is 5.32 Å². The van der Waals surface area contributed by atoms with E-state index in [0.29, 0.717) is 0 Å². The van der Waals surface area contributed by atoms with Crippen molar-refractivity contribution in [3.63, 3.8) is 0 Å². The predicted molar refractivity (Wildman–Crippen MR) is 62.3 cm³/mol. The first-order valence-corrected chi connectivity index (χ1v) is 5.68. The normalized spacial score (nSPS) is 24.6. The highest BCUT2D eigenvalue weighted by molar-refractivity contribution is 5.67. The van der Waals surface area contributed by atoms with E-state index in [1.54, 1.807) is 0 Å². The average Bonchev–Trinajstić information content (AvgIpc) is 2.66. The fourth-order valence-corrected chi connectivity index (χ4v) is 2.37. The number of hydrogen-bond acceptors (Lipinski definition) is 2. The summed E-state index contributed by atoms with van der Waals surface area (Å²) in [7, 11) is 0. The second-order valence-electron chi connectivity index (χ2n) is 4.49. The number of carbonyl (C=O) groups is 1. The molecule has 0 bridgehead atoms. The molecule has 1 heterocycles. The molecule has 0 saturated carbocycles. The van der Waals surface area contributed by atoms with E-state index in [-0.39, 0.29) is 18.4 Å². The topological polar surface area (TPSA) is 49.3 Å². The lowest BCUT2D eigenvalue weighted by Crippen LogP contribution is -2.19. The third kappa shape index (κ3) is 2.42. The molecular weight excluding hydrogens is 202 g/mol. The Kier molecular flexibility index (Phi) is 3.25. The molecule has 0 aromatic heterocycles. The fourth-order valence-electron chi connectivity index (χ4n) is 2.37. The van der Waals surface area contributed by atoms with Crippen molar-refractivity contribution in [2.75, 3.05) is 6.54 Å². The Balaban J connectivity index is 2.13. The van der Waals surface area contributed by atoms with Crippen molar-refractivity contribution in [3.05, 3.63) is 35.4 Å². The van der Waals surface area contributed by atoms with Gasteiger partial charge in [0.25, 0.3) is 0 Å². The summed E-state index contributed by atoms with van der Waals surface area (Å²) < 4.78 is 0. The van der Waals surface area contributed by atoms with Gasteiger partial charge in [0.2, 0.25) is 0 Å². The molecule has 1 aromatic carbocycles. The molecular formula is C13H17NO2. The summed E-state index contributed by atoms with van der Waals surface area (Å²) in [6, 6.07) is 8.54. The van der Waals surface area contributed by atoms with Gasteiger partial charge in [0.05, 0.1) is 6.42 Å². The molecule has 2 unspecified atom stereocenters. The average molecular weight is 219 g/mol. The Morgan fingerprint density at radius 2 is 2.12 bits per heavy atom. The van der Waals surface area contributed by atoms with E-state index in [2.05, 4.69) is 36.5 Å². The van der Waals surface area contributed by atoms with Gasteiger partial charge in [-0.3, -0.25) is 4.79 Å². The van der Waals surface area contributed by atoms with Gasteiger partial charge < -0.3 is 10.4 Å². The Labute approximate surface area is 95.5 Å². The van der Waals surface area contributed by atoms with E-state index in [0.717, 1.165) is 13.0 Å². The summed E-state index contributed by atoms with van der Waals surface area (Å²) in [6.07, 6.45) is 1.20. The number of aryl methyl sites for hydroxylation is 1. The minimum atomic E-state index is -0.703. The summed E-state index contributed by atoms with van der Waals surface area (Å²) in [5.41, 5.74) is 2.44. The molecule has 3 nitrogen and oxygen atoms in total. The molecule has 1 aromatic rings. The molecule has 0 amide bonds. The van der Waals surface area contributed by atoms with Crippen molar-refractivity contribution in [2.24, 2.45) is 5.92 Å². The number of aliphatic carboxylic acids is 1. The minimum Gasteiger partial charge on any atom is -0.481 e. The number of carboxylic acid groups (broad SMARTS) is 1. The van der Waals surface area contributed by atoms with E-state index < -0.39 is 5.97 Å². The lowest BCUT2D eigenvalue weighted by Gasteiger charge is -2.18. The van der Waals surface area contributed by atoms with Crippen LogP contribution in [0.25, 0.3) is 0 Å². The van der Waals surface area contributed by atoms with Gasteiger partial charge in [0.1, 0.15) is 0 Å². The van der Waals surface area contributed by atoms with Gasteiger partial charge in [-0.25, -0.2) is 0 Å². The maximum atomic E-state index is 10.8. The molecule has 2 atom stereocenters. The zero-order valence-electron chi connectivity index (χ0n) is 9.44. The lowest BCUT2D eigenvalue weighted by atomic mass is 9.91. The van der Waals surface area contributed by atoms with Crippen molar-refractivity contribution in [1.29, 1.82) is 0 Å². The van der Waals surface area contributed by atoms with Crippen LogP contribution in [-0.2, 0) is 4.79 Å². The van der Waals surface area contributed by atoms with Gasteiger partial charge in [0.15, 0.2) is 0 Å². The van der Waals surface area contributed by atoms with Gasteiger partial charge in [-0.05, 0) is 31.4 Å². The van der Waals surface area contributed by atoms with E-state index in [4.69, 9.17) is 5.11 Å². The van der Waals surface area contributed by atoms with Gasteiger partial charge in [-0.2, -0.15) is 0 Å². The van der Waals surface area contributed by atoms with Crippen molar-refractivity contribution < 1.29 is 9.90 Å². The summed E-state index contributed by atoms with van der Waals surface area (Å²) in [6.45, 7) is 2.97. The zero-order valence-corrected chi connectivity index (χ0v) is 9.44. The highest BCUT2D eigenvalue weighted by atomic mass is 16.4. The Hall–Kier alpha value is -1.35. The van der Waals surface area contributed by atoms with Crippen LogP contribution in [0.5, 0.6) is 0 Å². The van der Waals surface area contributed by atoms with E-state index in [1.807, 2.05) is 0 Å². The molecule has 86 valence electrons. The van der Waals surface area contributed by atoms with Crippen LogP contribution in [0.2, 0.25) is 0 Å². The lowest BCUT2D eigenvalue weighted by molar-refractivity contribution is -0.138. The Morgan fingerprint density at radius 1 is 1.44 bits per heavy atom. The Morgan fingerprint density at radius 3 is 2.75 bits per heavy atom. The van der Waals surface area contributed by atoms with Crippen LogP contribution in [-0.4, -0.2) is 17.6 Å². The molecule has 1 fully saturated rings. The van der Waals surface area contributed by atoms with Crippen molar-refractivity contribution in [3.8, 4) is 0 Å². The second-order valence-corrected chi connectivity index (χ2v) is 4.49. The molecule has 0 radical (unpaired) electrons. The van der Waals surface area contributed by atoms with E-state index >= 15 is 0 Å². The second kappa shape index (κ2) is 4.66. The summed E-state index contributed by atoms with van der Waals surface area (Å²) in [5, 5.41) is 12.2. The number of rotatable bonds is 3. The van der Waals surface area contributed by atoms with Gasteiger partial charge in [-0.15, -0.1) is 0 Å². The molecule has 1 saturated heterocycles. The van der Waals surface area contributed by atoms with Crippen molar-refractivity contribution >= 4 is 5.97 Å². The molecule has 3 heteroatoms. The monoisotopic (exact) mass is 219 g/mol. The third-order valence-electron chi connectivity index (χ3n) is 3.22. The third-order valence-corrected chi connectivity index (χ3v) is 3.22. The van der Waals surface area contributed by atoms with E-state index in [9.17, 15) is 4.79 Å². The van der Waals surface area contributed by atoms with Crippen LogP contribution in [0.15, 0.2) is 24.3 Å². The van der Waals surface area contributed by atoms with Gasteiger partial charge in [-0.1, -0.05) is 29.8 Å². The zero-order chi connectivity index (χ0) is 11.5. The molecule has 0 spiro atoms. The molecule has 2 N–H and O–H groups in total. The molecule has 1 aliphatic heterocycles. The SMILES string of the molecule is Cc1ccc(C2NCCC2CC(=O)O)cc1. The minimum absolute atomic E-state index is 0.205. The quantitative estimate of drug-likeness (QED) is 0.818. The maximum absolute atomic E-state index is 10.8. The van der Waals surface area contributed by atoms with E-state index in [1.165, 1.54) is 11.1 Å². The number of hydrogen-bond donors (Lipinski definition) is 2. The van der Waals surface area contributed by atoms with Crippen LogP contribution in [0.4, 0.5) is 0 Å². The molecule has 16 heavy (non-hydrogen) atoms. The number of carboxylic acids is 1. The van der Waals surface area contributed by atoms with Crippen LogP contribution in [0, 0.1) is 12.8 Å². The van der Waals surface area contributed by atoms with Crippen molar-refractivity contribution in [2.45, 2.75) is 25.8 Å². The highest BCUT2D eigenvalue weighted by Crippen LogP contribution is 2.31. The number of nitrogens with one attached hydrogen (secondary N) is 1. The van der Waals surface area contributed by atoms with Crippen LogP contribution in [0.1, 0.15) is 30.0 Å². The standard InChI is InChI=1S/C13H17NO2/c1-9-2-4-10(5-3-9)13-11(6-7-14-13)8-12(15)16/h2-5,11,13-14H,6-8H2,1H3,(H,15,16). The summed E-state index contributed by atoms with van der Waals surface area (Å²) in [5.74, 6) is -0.481. The van der Waals surface area contributed by atoms with Crippen molar-refractivity contribution in [1.82, 2.24) is 5.32 Å².